The average Bonchev–Trinajstić information content (AvgIpc) is 2.93. The molecule has 3 nitrogen and oxygen atoms in total. The van der Waals surface area contributed by atoms with Crippen LogP contribution in [0.3, 0.4) is 0 Å². The highest BCUT2D eigenvalue weighted by Crippen LogP contribution is 2.30. The van der Waals surface area contributed by atoms with Crippen LogP contribution in [0.5, 0.6) is 0 Å². The Morgan fingerprint density at radius 3 is 0.857 bits per heavy atom. The summed E-state index contributed by atoms with van der Waals surface area (Å²) < 4.78 is 5.59. The zero-order valence-electron chi connectivity index (χ0n) is 21.1. The van der Waals surface area contributed by atoms with Crippen LogP contribution < -0.4 is 0 Å². The Morgan fingerprint density at radius 2 is 0.750 bits per heavy atom. The third-order valence-corrected chi connectivity index (χ3v) is 4.93. The molecule has 0 amide bonds. The summed E-state index contributed by atoms with van der Waals surface area (Å²) in [7, 11) is 0. The minimum atomic E-state index is 0. The van der Waals surface area contributed by atoms with Gasteiger partial charge < -0.3 is 4.74 Å². The highest BCUT2D eigenvalue weighted by atomic mass is 16.5. The molecule has 1 rings (SSSR count). The summed E-state index contributed by atoms with van der Waals surface area (Å²) in [5, 5.41) is 0. The second-order valence-electron chi connectivity index (χ2n) is 6.01. The van der Waals surface area contributed by atoms with Gasteiger partial charge in [-0.25, -0.2) is 0 Å². The molecule has 1 aliphatic heterocycles. The molecule has 0 aromatic rings. The van der Waals surface area contributed by atoms with Crippen LogP contribution in [0.2, 0.25) is 0 Å². The molecule has 0 aliphatic carbocycles. The molecule has 0 saturated carbocycles. The van der Waals surface area contributed by atoms with Crippen LogP contribution in [0.15, 0.2) is 0 Å². The van der Waals surface area contributed by atoms with Gasteiger partial charge in [0.05, 0.1) is 18.9 Å². The van der Waals surface area contributed by atoms with E-state index in [4.69, 9.17) is 4.74 Å². The second-order valence-corrected chi connectivity index (χ2v) is 6.01. The number of rotatable bonds is 6. The number of nitrogens with zero attached hydrogens (tertiary/aromatic N) is 2. The first kappa shape index (κ1) is 42.1. The van der Waals surface area contributed by atoms with Crippen molar-refractivity contribution in [1.82, 2.24) is 9.80 Å². The van der Waals surface area contributed by atoms with Crippen LogP contribution >= 0.6 is 0 Å². The first-order chi connectivity index (χ1) is 12.4. The summed E-state index contributed by atoms with van der Waals surface area (Å²) in [6.45, 7) is 35.5. The zero-order valence-corrected chi connectivity index (χ0v) is 21.1. The van der Waals surface area contributed by atoms with Crippen LogP contribution in [-0.4, -0.2) is 54.9 Å². The lowest BCUT2D eigenvalue weighted by atomic mass is 9.92. The standard InChI is InChI=1S/C9H22N2.C8H16O.3C2H6.2CH4/c1-5-10(6-2)9-11(7-3)8-4;1-5-6(2)8(4)9-7(5)3;3*1-2;;/h5-9H2,1-4H3;5-8H,1-4H3;3*1-2H3;2*1H4/t;5-,6+,7-,8+;;;;;. The molecule has 1 saturated heterocycles. The topological polar surface area (TPSA) is 15.7 Å². The van der Waals surface area contributed by atoms with E-state index in [0.29, 0.717) is 12.2 Å². The zero-order chi connectivity index (χ0) is 21.7. The molecule has 1 heterocycles. The van der Waals surface area contributed by atoms with Gasteiger partial charge in [0.1, 0.15) is 0 Å². The maximum Gasteiger partial charge on any atom is 0.0579 e. The van der Waals surface area contributed by atoms with Crippen LogP contribution in [0.1, 0.15) is 112 Å². The first-order valence-corrected chi connectivity index (χ1v) is 11.5. The van der Waals surface area contributed by atoms with E-state index in [9.17, 15) is 0 Å². The summed E-state index contributed by atoms with van der Waals surface area (Å²) >= 11 is 0. The lowest BCUT2D eigenvalue weighted by Gasteiger charge is -2.26. The number of hydrogen-bond donors (Lipinski definition) is 0. The molecule has 0 bridgehead atoms. The fourth-order valence-corrected chi connectivity index (χ4v) is 2.57. The van der Waals surface area contributed by atoms with Crippen molar-refractivity contribution in [2.45, 2.75) is 124 Å². The third-order valence-electron chi connectivity index (χ3n) is 4.93. The first-order valence-electron chi connectivity index (χ1n) is 11.5. The molecule has 0 radical (unpaired) electrons. The van der Waals surface area contributed by atoms with Crippen molar-refractivity contribution in [1.29, 1.82) is 0 Å². The van der Waals surface area contributed by atoms with Gasteiger partial charge in [0, 0.05) is 0 Å². The Labute approximate surface area is 183 Å². The fraction of sp³-hybridized carbons (Fsp3) is 1.00. The van der Waals surface area contributed by atoms with Crippen molar-refractivity contribution in [2.24, 2.45) is 11.8 Å². The Hall–Kier alpha value is -0.120. The van der Waals surface area contributed by atoms with E-state index in [1.54, 1.807) is 0 Å². The molecule has 1 aliphatic rings. The van der Waals surface area contributed by atoms with E-state index in [1.807, 2.05) is 41.5 Å². The SMILES string of the molecule is C.C.CC.CC.CC.CCN(CC)CN(CC)CC.C[C@@H]1[C@H](C)[C@H](C)O[C@@H]1C. The Bertz CT molecular complexity index is 207. The van der Waals surface area contributed by atoms with E-state index in [-0.39, 0.29) is 14.9 Å². The molecule has 3 heteroatoms. The fourth-order valence-electron chi connectivity index (χ4n) is 2.57. The quantitative estimate of drug-likeness (QED) is 0.413. The molecule has 0 aromatic carbocycles. The minimum absolute atomic E-state index is 0. The molecule has 28 heavy (non-hydrogen) atoms. The van der Waals surface area contributed by atoms with Gasteiger partial charge in [0.15, 0.2) is 0 Å². The summed E-state index contributed by atoms with van der Waals surface area (Å²) in [5.74, 6) is 1.47. The van der Waals surface area contributed by atoms with Gasteiger partial charge in [0.25, 0.3) is 0 Å². The van der Waals surface area contributed by atoms with Gasteiger partial charge in [0.2, 0.25) is 0 Å². The maximum atomic E-state index is 5.59. The molecule has 4 atom stereocenters. The summed E-state index contributed by atoms with van der Waals surface area (Å²) in [4.78, 5) is 4.88. The van der Waals surface area contributed by atoms with Gasteiger partial charge in [-0.3, -0.25) is 9.80 Å². The summed E-state index contributed by atoms with van der Waals surface area (Å²) in [5.41, 5.74) is 0. The molecule has 1 fully saturated rings. The maximum absolute atomic E-state index is 5.59. The number of hydrogen-bond acceptors (Lipinski definition) is 3. The predicted octanol–water partition coefficient (Wildman–Crippen LogP) is 8.04. The average molecular weight is 409 g/mol. The van der Waals surface area contributed by atoms with Crippen molar-refractivity contribution >= 4 is 0 Å². The van der Waals surface area contributed by atoms with Crippen molar-refractivity contribution in [3.8, 4) is 0 Å². The molecule has 0 N–H and O–H groups in total. The molecule has 0 unspecified atom stereocenters. The summed E-state index contributed by atoms with van der Waals surface area (Å²) in [6.07, 6.45) is 0.935. The van der Waals surface area contributed by atoms with E-state index >= 15 is 0 Å². The Balaban J connectivity index is -0.0000000648. The van der Waals surface area contributed by atoms with E-state index in [1.165, 1.54) is 0 Å². The second kappa shape index (κ2) is 31.6. The van der Waals surface area contributed by atoms with E-state index < -0.39 is 0 Å². The Morgan fingerprint density at radius 1 is 0.536 bits per heavy atom. The van der Waals surface area contributed by atoms with Crippen LogP contribution in [0.4, 0.5) is 0 Å². The molecular formula is C25H64N2O. The van der Waals surface area contributed by atoms with Crippen molar-refractivity contribution in [2.75, 3.05) is 32.8 Å². The van der Waals surface area contributed by atoms with Crippen LogP contribution in [-0.2, 0) is 4.74 Å². The van der Waals surface area contributed by atoms with Gasteiger partial charge in [-0.2, -0.15) is 0 Å². The lowest BCUT2D eigenvalue weighted by molar-refractivity contribution is 0.0524. The smallest absolute Gasteiger partial charge is 0.0579 e. The van der Waals surface area contributed by atoms with Gasteiger partial charge in [-0.05, 0) is 51.9 Å². The lowest BCUT2D eigenvalue weighted by Crippen LogP contribution is -2.37. The molecule has 0 spiro atoms. The van der Waals surface area contributed by atoms with Crippen molar-refractivity contribution in [3.05, 3.63) is 0 Å². The third kappa shape index (κ3) is 20.6. The minimum Gasteiger partial charge on any atom is -0.375 e. The monoisotopic (exact) mass is 409 g/mol. The number of ether oxygens (including phenoxy) is 1. The molecular weight excluding hydrogens is 344 g/mol. The van der Waals surface area contributed by atoms with Crippen molar-refractivity contribution < 1.29 is 4.74 Å². The normalized spacial score (nSPS) is 21.9. The van der Waals surface area contributed by atoms with Crippen molar-refractivity contribution in [3.63, 3.8) is 0 Å². The van der Waals surface area contributed by atoms with Gasteiger partial charge in [-0.15, -0.1) is 0 Å². The van der Waals surface area contributed by atoms with Gasteiger partial charge in [-0.1, -0.05) is 97.9 Å². The molecule has 0 aromatic heterocycles. The predicted molar refractivity (Wildman–Crippen MR) is 137 cm³/mol. The van der Waals surface area contributed by atoms with Crippen LogP contribution in [0.25, 0.3) is 0 Å². The largest absolute Gasteiger partial charge is 0.375 e. The summed E-state index contributed by atoms with van der Waals surface area (Å²) in [6, 6.07) is 0. The van der Waals surface area contributed by atoms with Crippen LogP contribution in [0, 0.1) is 11.8 Å². The van der Waals surface area contributed by atoms with E-state index in [2.05, 4.69) is 65.2 Å². The highest BCUT2D eigenvalue weighted by molar-refractivity contribution is 4.80. The molecule has 180 valence electrons. The van der Waals surface area contributed by atoms with E-state index in [0.717, 1.165) is 44.7 Å². The highest BCUT2D eigenvalue weighted by Gasteiger charge is 2.32. The Kier molecular flexibility index (Phi) is 47.4. The van der Waals surface area contributed by atoms with Gasteiger partial charge >= 0.3 is 0 Å².